The molecule has 11 rings (SSSR count). The van der Waals surface area contributed by atoms with Crippen LogP contribution in [0.1, 0.15) is 5.56 Å². The van der Waals surface area contributed by atoms with Crippen LogP contribution in [-0.2, 0) is 6.18 Å². The average Bonchev–Trinajstić information content (AvgIpc) is 3.82. The lowest BCUT2D eigenvalue weighted by atomic mass is 9.96. The van der Waals surface area contributed by atoms with Gasteiger partial charge in [-0.1, -0.05) is 133 Å². The maximum atomic E-state index is 14.2. The molecule has 0 saturated carbocycles. The van der Waals surface area contributed by atoms with Gasteiger partial charge in [-0.2, -0.15) is 13.2 Å². The van der Waals surface area contributed by atoms with Crippen molar-refractivity contribution in [2.75, 3.05) is 0 Å². The Kier molecular flexibility index (Phi) is 8.20. The monoisotopic (exact) mass is 783 g/mol. The van der Waals surface area contributed by atoms with Gasteiger partial charge < -0.3 is 9.13 Å². The molecule has 0 unspecified atom stereocenters. The van der Waals surface area contributed by atoms with E-state index in [1.165, 1.54) is 22.9 Å². The van der Waals surface area contributed by atoms with Crippen LogP contribution in [0, 0.1) is 0 Å². The summed E-state index contributed by atoms with van der Waals surface area (Å²) in [5, 5.41) is 4.50. The van der Waals surface area contributed by atoms with Gasteiger partial charge in [0.25, 0.3) is 0 Å². The second-order valence-electron chi connectivity index (χ2n) is 14.8. The van der Waals surface area contributed by atoms with Gasteiger partial charge in [0.1, 0.15) is 0 Å². The Morgan fingerprint density at radius 3 is 1.35 bits per heavy atom. The lowest BCUT2D eigenvalue weighted by Crippen LogP contribution is -2.05. The quantitative estimate of drug-likeness (QED) is 0.169. The number of aromatic nitrogens is 5. The Labute approximate surface area is 342 Å². The van der Waals surface area contributed by atoms with Crippen molar-refractivity contribution in [1.29, 1.82) is 0 Å². The molecule has 3 aromatic heterocycles. The standard InChI is InChI=1S/C52H32F3N5/c53-52(54,55)36-19-13-18-35(30-36)39-28-26-37(32-44(39)51-57-49(33-14-3-1-4-15-33)56-50(58-51)34-16-5-2-6-17-34)60-47-25-12-9-22-42(47)43-31-38(27-29-48(43)60)59-45-23-10-7-20-40(45)41-21-8-11-24-46(41)59/h1-32H. The molecule has 8 heteroatoms. The summed E-state index contributed by atoms with van der Waals surface area (Å²) in [5.74, 6) is 1.25. The number of para-hydroxylation sites is 3. The van der Waals surface area contributed by atoms with E-state index in [9.17, 15) is 13.2 Å². The summed E-state index contributed by atoms with van der Waals surface area (Å²) >= 11 is 0. The first-order chi connectivity index (χ1) is 29.4. The number of nitrogens with zero attached hydrogens (tertiary/aromatic N) is 5. The van der Waals surface area contributed by atoms with E-state index in [4.69, 9.17) is 15.0 Å². The minimum Gasteiger partial charge on any atom is -0.309 e. The zero-order chi connectivity index (χ0) is 40.4. The SMILES string of the molecule is FC(F)(F)c1cccc(-c2ccc(-n3c4ccccc4c4cc(-n5c6ccccc6c6ccccc65)ccc43)cc2-c2nc(-c3ccccc3)nc(-c3ccccc3)n2)c1. The predicted molar refractivity (Wildman–Crippen MR) is 235 cm³/mol. The molecule has 5 nitrogen and oxygen atoms in total. The highest BCUT2D eigenvalue weighted by Gasteiger charge is 2.31. The second kappa shape index (κ2) is 13.9. The predicted octanol–water partition coefficient (Wildman–Crippen LogP) is 13.8. The zero-order valence-electron chi connectivity index (χ0n) is 31.8. The number of fused-ring (bicyclic) bond motifs is 6. The highest BCUT2D eigenvalue weighted by Crippen LogP contribution is 2.41. The van der Waals surface area contributed by atoms with Crippen molar-refractivity contribution in [2.45, 2.75) is 6.18 Å². The van der Waals surface area contributed by atoms with Gasteiger partial charge >= 0.3 is 6.18 Å². The molecular weight excluding hydrogens is 752 g/mol. The third kappa shape index (κ3) is 5.91. The molecule has 286 valence electrons. The van der Waals surface area contributed by atoms with Gasteiger partial charge in [0.05, 0.1) is 27.6 Å². The van der Waals surface area contributed by atoms with Crippen LogP contribution in [0.4, 0.5) is 13.2 Å². The average molecular weight is 784 g/mol. The summed E-state index contributed by atoms with van der Waals surface area (Å²) in [5.41, 5.74) is 8.41. The van der Waals surface area contributed by atoms with Crippen LogP contribution in [0.15, 0.2) is 194 Å². The largest absolute Gasteiger partial charge is 0.416 e. The maximum Gasteiger partial charge on any atom is 0.416 e. The molecule has 0 N–H and O–H groups in total. The van der Waals surface area contributed by atoms with E-state index in [0.717, 1.165) is 61.4 Å². The molecule has 3 heterocycles. The number of hydrogen-bond acceptors (Lipinski definition) is 3. The number of rotatable bonds is 6. The van der Waals surface area contributed by atoms with Crippen molar-refractivity contribution in [3.63, 3.8) is 0 Å². The van der Waals surface area contributed by atoms with Gasteiger partial charge in [-0.05, 0) is 71.8 Å². The smallest absolute Gasteiger partial charge is 0.309 e. The first kappa shape index (κ1) is 35.3. The van der Waals surface area contributed by atoms with Gasteiger partial charge in [-0.25, -0.2) is 15.0 Å². The summed E-state index contributed by atoms with van der Waals surface area (Å²) < 4.78 is 47.0. The fraction of sp³-hybridized carbons (Fsp3) is 0.0192. The van der Waals surface area contributed by atoms with Crippen molar-refractivity contribution < 1.29 is 13.2 Å². The molecular formula is C52H32F3N5. The molecule has 0 amide bonds. The topological polar surface area (TPSA) is 48.5 Å². The number of alkyl halides is 3. The van der Waals surface area contributed by atoms with E-state index in [-0.39, 0.29) is 0 Å². The molecule has 0 aliphatic heterocycles. The minimum absolute atomic E-state index is 0.339. The molecule has 0 aliphatic carbocycles. The Balaban J connectivity index is 1.16. The van der Waals surface area contributed by atoms with Crippen LogP contribution in [0.3, 0.4) is 0 Å². The molecule has 0 aliphatic rings. The second-order valence-corrected chi connectivity index (χ2v) is 14.8. The highest BCUT2D eigenvalue weighted by molar-refractivity contribution is 6.12. The lowest BCUT2D eigenvalue weighted by molar-refractivity contribution is -0.137. The van der Waals surface area contributed by atoms with Crippen LogP contribution in [0.25, 0.3) is 100 Å². The van der Waals surface area contributed by atoms with Crippen LogP contribution < -0.4 is 0 Å². The zero-order valence-corrected chi connectivity index (χ0v) is 31.8. The van der Waals surface area contributed by atoms with E-state index < -0.39 is 11.7 Å². The third-order valence-electron chi connectivity index (χ3n) is 11.2. The first-order valence-electron chi connectivity index (χ1n) is 19.6. The lowest BCUT2D eigenvalue weighted by Gasteiger charge is -2.16. The fourth-order valence-corrected chi connectivity index (χ4v) is 8.48. The fourth-order valence-electron chi connectivity index (χ4n) is 8.48. The van der Waals surface area contributed by atoms with Crippen molar-refractivity contribution in [3.05, 3.63) is 200 Å². The Bertz CT molecular complexity index is 3310. The molecule has 0 spiro atoms. The van der Waals surface area contributed by atoms with Crippen LogP contribution >= 0.6 is 0 Å². The third-order valence-corrected chi connectivity index (χ3v) is 11.2. The Morgan fingerprint density at radius 2 is 0.783 bits per heavy atom. The number of benzene rings is 8. The molecule has 0 radical (unpaired) electrons. The normalized spacial score (nSPS) is 11.9. The summed E-state index contributed by atoms with van der Waals surface area (Å²) in [6.45, 7) is 0. The van der Waals surface area contributed by atoms with Gasteiger partial charge in [-0.3, -0.25) is 0 Å². The van der Waals surface area contributed by atoms with Gasteiger partial charge in [-0.15, -0.1) is 0 Å². The maximum absolute atomic E-state index is 14.2. The molecule has 8 aromatic carbocycles. The van der Waals surface area contributed by atoms with Gasteiger partial charge in [0.2, 0.25) is 0 Å². The van der Waals surface area contributed by atoms with E-state index >= 15 is 0 Å². The van der Waals surface area contributed by atoms with Crippen molar-refractivity contribution >= 4 is 43.6 Å². The summed E-state index contributed by atoms with van der Waals surface area (Å²) in [6, 6.07) is 62.3. The van der Waals surface area contributed by atoms with Gasteiger partial charge in [0, 0.05) is 49.6 Å². The van der Waals surface area contributed by atoms with Crippen LogP contribution in [0.5, 0.6) is 0 Å². The van der Waals surface area contributed by atoms with Crippen molar-refractivity contribution in [1.82, 2.24) is 24.1 Å². The van der Waals surface area contributed by atoms with Gasteiger partial charge in [0.15, 0.2) is 17.5 Å². The van der Waals surface area contributed by atoms with Crippen molar-refractivity contribution in [2.24, 2.45) is 0 Å². The van der Waals surface area contributed by atoms with E-state index in [0.29, 0.717) is 34.2 Å². The van der Waals surface area contributed by atoms with E-state index in [1.807, 2.05) is 91.0 Å². The van der Waals surface area contributed by atoms with Crippen LogP contribution in [-0.4, -0.2) is 24.1 Å². The summed E-state index contributed by atoms with van der Waals surface area (Å²) in [7, 11) is 0. The number of hydrogen-bond donors (Lipinski definition) is 0. The molecule has 11 aromatic rings. The molecule has 0 fully saturated rings. The molecule has 0 atom stereocenters. The Morgan fingerprint density at radius 1 is 0.333 bits per heavy atom. The minimum atomic E-state index is -4.52. The van der Waals surface area contributed by atoms with Crippen molar-refractivity contribution in [3.8, 4) is 56.7 Å². The molecule has 0 saturated heterocycles. The Hall–Kier alpha value is -7.84. The van der Waals surface area contributed by atoms with E-state index in [1.54, 1.807) is 6.07 Å². The first-order valence-corrected chi connectivity index (χ1v) is 19.6. The highest BCUT2D eigenvalue weighted by atomic mass is 19.4. The molecule has 0 bridgehead atoms. The van der Waals surface area contributed by atoms with Crippen LogP contribution in [0.2, 0.25) is 0 Å². The molecule has 60 heavy (non-hydrogen) atoms. The summed E-state index contributed by atoms with van der Waals surface area (Å²) in [4.78, 5) is 15.0. The van der Waals surface area contributed by atoms with E-state index in [2.05, 4.69) is 88.0 Å². The number of halogens is 3. The summed E-state index contributed by atoms with van der Waals surface area (Å²) in [6.07, 6.45) is -4.52.